The van der Waals surface area contributed by atoms with Crippen LogP contribution in [0.4, 0.5) is 5.69 Å². The molecule has 4 unspecified atom stereocenters. The minimum absolute atomic E-state index is 0.560. The highest BCUT2D eigenvalue weighted by Crippen LogP contribution is 2.66. The first-order valence-corrected chi connectivity index (χ1v) is 11.1. The molecule has 0 radical (unpaired) electrons. The molecule has 0 aromatic heterocycles. The highest BCUT2D eigenvalue weighted by molar-refractivity contribution is 8.24. The Morgan fingerprint density at radius 3 is 2.50 bits per heavy atom. The van der Waals surface area contributed by atoms with Crippen LogP contribution in [0, 0.1) is 11.8 Å². The first-order valence-electron chi connectivity index (χ1n) is 9.60. The van der Waals surface area contributed by atoms with Crippen LogP contribution < -0.4 is 4.90 Å². The van der Waals surface area contributed by atoms with Gasteiger partial charge in [0.15, 0.2) is 0 Å². The number of piperidine rings is 2. The van der Waals surface area contributed by atoms with Gasteiger partial charge in [0.25, 0.3) is 0 Å². The van der Waals surface area contributed by atoms with Crippen molar-refractivity contribution in [3.63, 3.8) is 0 Å². The molecule has 2 N–H and O–H groups in total. The Morgan fingerprint density at radius 2 is 1.62 bits per heavy atom. The molecule has 5 heteroatoms. The number of rotatable bonds is 1. The van der Waals surface area contributed by atoms with E-state index in [-0.39, 0.29) is 0 Å². The van der Waals surface area contributed by atoms with Gasteiger partial charge in [-0.05, 0) is 42.9 Å². The second-order valence-electron chi connectivity index (χ2n) is 8.45. The van der Waals surface area contributed by atoms with Gasteiger partial charge in [0, 0.05) is 49.0 Å². The molecule has 0 aliphatic carbocycles. The van der Waals surface area contributed by atoms with E-state index in [0.29, 0.717) is 15.8 Å². The van der Waals surface area contributed by atoms with Crippen molar-refractivity contribution in [2.75, 3.05) is 31.1 Å². The van der Waals surface area contributed by atoms with E-state index in [9.17, 15) is 9.11 Å². The van der Waals surface area contributed by atoms with Crippen molar-refractivity contribution in [1.82, 2.24) is 4.90 Å². The maximum atomic E-state index is 10.9. The fourth-order valence-corrected chi connectivity index (χ4v) is 7.57. The second kappa shape index (κ2) is 5.26. The Kier molecular flexibility index (Phi) is 3.14. The quantitative estimate of drug-likeness (QED) is 0.785. The number of anilines is 1. The average molecular weight is 369 g/mol. The van der Waals surface area contributed by atoms with E-state index in [1.54, 1.807) is 0 Å². The summed E-state index contributed by atoms with van der Waals surface area (Å²) in [6.45, 7) is 4.76. The van der Waals surface area contributed by atoms with E-state index in [2.05, 4.69) is 28.0 Å². The smallest absolute Gasteiger partial charge is 0.0736 e. The molecular formula is C21H24N2O2S. The second-order valence-corrected chi connectivity index (χ2v) is 10.4. The van der Waals surface area contributed by atoms with Gasteiger partial charge in [-0.3, -0.25) is 9.11 Å². The van der Waals surface area contributed by atoms with Crippen molar-refractivity contribution in [1.29, 1.82) is 0 Å². The van der Waals surface area contributed by atoms with E-state index in [4.69, 9.17) is 0 Å². The van der Waals surface area contributed by atoms with Gasteiger partial charge in [-0.15, -0.1) is 10.6 Å². The number of nitrogens with zero attached hydrogens (tertiary/aromatic N) is 2. The molecule has 2 aromatic rings. The molecule has 4 fully saturated rings. The van der Waals surface area contributed by atoms with Crippen LogP contribution in [0.25, 0.3) is 11.1 Å². The monoisotopic (exact) mass is 368 g/mol. The number of hydrogen-bond donors (Lipinski definition) is 2. The zero-order chi connectivity index (χ0) is 17.5. The lowest BCUT2D eigenvalue weighted by Gasteiger charge is -2.42. The maximum Gasteiger partial charge on any atom is 0.0736 e. The lowest BCUT2D eigenvalue weighted by atomic mass is 9.84. The van der Waals surface area contributed by atoms with Gasteiger partial charge < -0.3 is 9.80 Å². The van der Waals surface area contributed by atoms with Gasteiger partial charge >= 0.3 is 0 Å². The summed E-state index contributed by atoms with van der Waals surface area (Å²) in [6, 6.07) is 14.6. The third-order valence-corrected chi connectivity index (χ3v) is 8.68. The zero-order valence-corrected chi connectivity index (χ0v) is 15.5. The normalized spacial score (nSPS) is 34.3. The van der Waals surface area contributed by atoms with Crippen LogP contribution in [0.15, 0.2) is 52.3 Å². The largest absolute Gasteiger partial charge is 0.367 e. The Labute approximate surface area is 155 Å². The predicted molar refractivity (Wildman–Crippen MR) is 105 cm³/mol. The van der Waals surface area contributed by atoms with Crippen LogP contribution in [0.2, 0.25) is 0 Å². The molecule has 0 spiro atoms. The summed E-state index contributed by atoms with van der Waals surface area (Å²) in [5.74, 6) is 1.59. The molecule has 0 amide bonds. The molecule has 4 bridgehead atoms. The van der Waals surface area contributed by atoms with Gasteiger partial charge in [0.2, 0.25) is 0 Å². The van der Waals surface area contributed by atoms with E-state index in [0.717, 1.165) is 41.7 Å². The first-order chi connectivity index (χ1) is 12.6. The summed E-state index contributed by atoms with van der Waals surface area (Å²) in [5, 5.41) is 0. The lowest BCUT2D eigenvalue weighted by Crippen LogP contribution is -2.49. The predicted octanol–water partition coefficient (Wildman–Crippen LogP) is 4.37. The minimum Gasteiger partial charge on any atom is -0.367 e. The van der Waals surface area contributed by atoms with Crippen LogP contribution in [-0.2, 0) is 0 Å². The summed E-state index contributed by atoms with van der Waals surface area (Å²) in [6.07, 6.45) is 2.63. The highest BCUT2D eigenvalue weighted by Gasteiger charge is 2.42. The summed E-state index contributed by atoms with van der Waals surface area (Å²) in [4.78, 5) is 6.58. The number of fused-ring (bicyclic) bond motifs is 4. The molecule has 5 heterocycles. The van der Waals surface area contributed by atoms with Crippen LogP contribution in [0.5, 0.6) is 0 Å². The van der Waals surface area contributed by atoms with Gasteiger partial charge in [-0.1, -0.05) is 24.3 Å². The summed E-state index contributed by atoms with van der Waals surface area (Å²) in [7, 11) is -2.90. The highest BCUT2D eigenvalue weighted by atomic mass is 32.3. The Hall–Kier alpha value is -1.53. The Balaban J connectivity index is 1.44. The Bertz CT molecular complexity index is 885. The number of hydrogen-bond acceptors (Lipinski definition) is 4. The molecule has 4 saturated heterocycles. The molecule has 4 nitrogen and oxygen atoms in total. The molecule has 5 aliphatic rings. The van der Waals surface area contributed by atoms with Crippen molar-refractivity contribution < 1.29 is 9.11 Å². The number of benzene rings is 2. The average Bonchev–Trinajstić information content (AvgIpc) is 2.71. The first kappa shape index (κ1) is 15.5. The maximum absolute atomic E-state index is 10.9. The van der Waals surface area contributed by atoms with E-state index in [1.807, 2.05) is 24.3 Å². The van der Waals surface area contributed by atoms with Crippen LogP contribution in [0.1, 0.15) is 12.8 Å². The molecule has 5 aliphatic heterocycles. The molecule has 4 atom stereocenters. The third kappa shape index (κ3) is 2.09. The molecule has 26 heavy (non-hydrogen) atoms. The van der Waals surface area contributed by atoms with Crippen molar-refractivity contribution in [3.8, 4) is 11.1 Å². The van der Waals surface area contributed by atoms with Gasteiger partial charge in [0.1, 0.15) is 0 Å². The summed E-state index contributed by atoms with van der Waals surface area (Å²) >= 11 is 0. The molecule has 0 saturated carbocycles. The standard InChI is InChI=1S/C21H24N2O2S/c24-26(25)20-4-2-1-3-18(20)19-6-5-16(9-21(19)26)23-12-15-7-14-8-17(23)13-22(10-14)11-15/h1-6,9,14-15,17,24-25H,7-8,10-13H2. The molecule has 2 aromatic carbocycles. The molecule has 7 rings (SSSR count). The van der Waals surface area contributed by atoms with Crippen molar-refractivity contribution in [3.05, 3.63) is 42.5 Å². The molecule has 136 valence electrons. The van der Waals surface area contributed by atoms with Gasteiger partial charge in [-0.2, -0.15) is 0 Å². The van der Waals surface area contributed by atoms with Crippen molar-refractivity contribution in [2.24, 2.45) is 11.8 Å². The van der Waals surface area contributed by atoms with Crippen LogP contribution in [-0.4, -0.2) is 46.2 Å². The topological polar surface area (TPSA) is 46.9 Å². The lowest BCUT2D eigenvalue weighted by molar-refractivity contribution is 0.0980. The van der Waals surface area contributed by atoms with E-state index >= 15 is 0 Å². The summed E-state index contributed by atoms with van der Waals surface area (Å²) in [5.41, 5.74) is 3.11. The van der Waals surface area contributed by atoms with Gasteiger partial charge in [-0.25, -0.2) is 0 Å². The van der Waals surface area contributed by atoms with E-state index in [1.165, 1.54) is 25.9 Å². The van der Waals surface area contributed by atoms with Crippen molar-refractivity contribution >= 4 is 16.3 Å². The van der Waals surface area contributed by atoms with Crippen LogP contribution in [0.3, 0.4) is 0 Å². The fourth-order valence-electron chi connectivity index (χ4n) is 5.81. The third-order valence-electron chi connectivity index (χ3n) is 6.76. The SMILES string of the molecule is OS1(O)c2ccccc2-c2ccc(N3CC4CC5CC3CN(C5)C4)cc21. The Morgan fingerprint density at radius 1 is 0.808 bits per heavy atom. The van der Waals surface area contributed by atoms with E-state index < -0.39 is 10.6 Å². The fraction of sp³-hybridized carbons (Fsp3) is 0.429. The zero-order valence-electron chi connectivity index (χ0n) is 14.7. The summed E-state index contributed by atoms with van der Waals surface area (Å²) < 4.78 is 21.9. The molecular weight excluding hydrogens is 344 g/mol. The van der Waals surface area contributed by atoms with Gasteiger partial charge in [0.05, 0.1) is 9.79 Å². The van der Waals surface area contributed by atoms with Crippen LogP contribution >= 0.6 is 10.6 Å². The minimum atomic E-state index is -2.90. The van der Waals surface area contributed by atoms with Crippen molar-refractivity contribution in [2.45, 2.75) is 28.7 Å².